The predicted octanol–water partition coefficient (Wildman–Crippen LogP) is 5.25. The lowest BCUT2D eigenvalue weighted by Crippen LogP contribution is -2.42. The van der Waals surface area contributed by atoms with E-state index in [1.165, 1.54) is 12.1 Å². The lowest BCUT2D eigenvalue weighted by atomic mass is 9.82. The zero-order chi connectivity index (χ0) is 16.1. The molecule has 3 N–H and O–H groups in total. The van der Waals surface area contributed by atoms with Crippen LogP contribution in [-0.2, 0) is 0 Å². The molecule has 0 aromatic heterocycles. The normalized spacial score (nSPS) is 13.0. The van der Waals surface area contributed by atoms with Gasteiger partial charge in [0.2, 0.25) is 0 Å². The molecule has 1 rings (SSSR count). The molecule has 136 valence electrons. The molecule has 0 fully saturated rings. The van der Waals surface area contributed by atoms with Crippen LogP contribution in [0.5, 0.6) is 0 Å². The van der Waals surface area contributed by atoms with Crippen molar-refractivity contribution >= 4 is 24.8 Å². The Morgan fingerprint density at radius 1 is 1.04 bits per heavy atom. The van der Waals surface area contributed by atoms with Crippen molar-refractivity contribution in [1.29, 1.82) is 0 Å². The highest BCUT2D eigenvalue weighted by molar-refractivity contribution is 5.85. The van der Waals surface area contributed by atoms with E-state index in [9.17, 15) is 4.39 Å². The van der Waals surface area contributed by atoms with E-state index >= 15 is 0 Å². The van der Waals surface area contributed by atoms with Crippen LogP contribution < -0.4 is 11.1 Å². The van der Waals surface area contributed by atoms with Crippen molar-refractivity contribution in [3.63, 3.8) is 0 Å². The van der Waals surface area contributed by atoms with Crippen molar-refractivity contribution in [3.05, 3.63) is 35.6 Å². The molecule has 0 saturated heterocycles. The average molecular weight is 367 g/mol. The summed E-state index contributed by atoms with van der Waals surface area (Å²) in [5.74, 6) is -0.212. The third kappa shape index (κ3) is 10.9. The number of benzene rings is 1. The Morgan fingerprint density at radius 3 is 2.04 bits per heavy atom. The molecule has 0 aliphatic heterocycles. The SMILES string of the molecule is CC(C)(C)CC(C)(C)NCCCC(N)c1ccc(F)cc1.Cl.Cl. The molecule has 0 spiro atoms. The number of rotatable bonds is 7. The van der Waals surface area contributed by atoms with E-state index < -0.39 is 0 Å². The molecular weight excluding hydrogens is 334 g/mol. The van der Waals surface area contributed by atoms with E-state index in [0.29, 0.717) is 5.41 Å². The van der Waals surface area contributed by atoms with Gasteiger partial charge >= 0.3 is 0 Å². The van der Waals surface area contributed by atoms with Crippen LogP contribution in [0.4, 0.5) is 4.39 Å². The van der Waals surface area contributed by atoms with Crippen LogP contribution >= 0.6 is 24.8 Å². The molecule has 23 heavy (non-hydrogen) atoms. The third-order valence-corrected chi connectivity index (χ3v) is 3.57. The second-order valence-corrected chi connectivity index (χ2v) is 7.85. The van der Waals surface area contributed by atoms with Crippen LogP contribution in [0.15, 0.2) is 24.3 Å². The first-order valence-corrected chi connectivity index (χ1v) is 7.85. The van der Waals surface area contributed by atoms with E-state index in [-0.39, 0.29) is 42.2 Å². The number of halogens is 3. The summed E-state index contributed by atoms with van der Waals surface area (Å²) in [5.41, 5.74) is 7.61. The Morgan fingerprint density at radius 2 is 1.57 bits per heavy atom. The fraction of sp³-hybridized carbons (Fsp3) is 0.667. The van der Waals surface area contributed by atoms with E-state index in [2.05, 4.69) is 39.9 Å². The number of nitrogens with one attached hydrogen (secondary N) is 1. The summed E-state index contributed by atoms with van der Waals surface area (Å²) in [6.45, 7) is 12.2. The van der Waals surface area contributed by atoms with Crippen molar-refractivity contribution in [1.82, 2.24) is 5.32 Å². The highest BCUT2D eigenvalue weighted by Gasteiger charge is 2.24. The van der Waals surface area contributed by atoms with Gasteiger partial charge in [-0.05, 0) is 62.8 Å². The summed E-state index contributed by atoms with van der Waals surface area (Å²) in [5, 5.41) is 3.62. The fourth-order valence-electron chi connectivity index (χ4n) is 3.01. The Hall–Kier alpha value is -0.350. The van der Waals surface area contributed by atoms with E-state index in [1.807, 2.05) is 0 Å². The molecule has 1 atom stereocenters. The first-order valence-electron chi connectivity index (χ1n) is 7.85. The molecule has 0 heterocycles. The molecule has 2 nitrogen and oxygen atoms in total. The van der Waals surface area contributed by atoms with Crippen LogP contribution in [0.2, 0.25) is 0 Å². The van der Waals surface area contributed by atoms with Crippen LogP contribution in [0, 0.1) is 11.2 Å². The maximum atomic E-state index is 12.9. The standard InChI is InChI=1S/C18H31FN2.2ClH/c1-17(2,3)13-18(4,5)21-12-6-7-16(20)14-8-10-15(19)11-9-14;;/h8-11,16,21H,6-7,12-13,20H2,1-5H3;2*1H. The fourth-order valence-corrected chi connectivity index (χ4v) is 3.01. The highest BCUT2D eigenvalue weighted by atomic mass is 35.5. The molecule has 0 bridgehead atoms. The predicted molar refractivity (Wildman–Crippen MR) is 103 cm³/mol. The first kappa shape index (κ1) is 24.9. The first-order chi connectivity index (χ1) is 9.59. The molecular formula is C18H33Cl2FN2. The van der Waals surface area contributed by atoms with Crippen LogP contribution in [0.3, 0.4) is 0 Å². The van der Waals surface area contributed by atoms with Crippen molar-refractivity contribution < 1.29 is 4.39 Å². The van der Waals surface area contributed by atoms with Gasteiger partial charge < -0.3 is 11.1 Å². The Balaban J connectivity index is 0. The Kier molecular flexibility index (Phi) is 11.4. The summed E-state index contributed by atoms with van der Waals surface area (Å²) in [6, 6.07) is 6.48. The summed E-state index contributed by atoms with van der Waals surface area (Å²) in [6.07, 6.45) is 3.06. The van der Waals surface area contributed by atoms with Crippen LogP contribution in [0.25, 0.3) is 0 Å². The highest BCUT2D eigenvalue weighted by Crippen LogP contribution is 2.26. The van der Waals surface area contributed by atoms with Crippen LogP contribution in [0.1, 0.15) is 65.5 Å². The van der Waals surface area contributed by atoms with E-state index in [1.54, 1.807) is 12.1 Å². The van der Waals surface area contributed by atoms with Gasteiger partial charge in [-0.3, -0.25) is 0 Å². The molecule has 0 aliphatic rings. The average Bonchev–Trinajstić information content (AvgIpc) is 2.32. The minimum absolute atomic E-state index is 0. The van der Waals surface area contributed by atoms with E-state index in [4.69, 9.17) is 5.73 Å². The maximum absolute atomic E-state index is 12.9. The molecule has 5 heteroatoms. The minimum Gasteiger partial charge on any atom is -0.324 e. The molecule has 1 aromatic carbocycles. The van der Waals surface area contributed by atoms with Gasteiger partial charge in [0.25, 0.3) is 0 Å². The summed E-state index contributed by atoms with van der Waals surface area (Å²) in [4.78, 5) is 0. The lowest BCUT2D eigenvalue weighted by molar-refractivity contribution is 0.241. The Bertz CT molecular complexity index is 428. The van der Waals surface area contributed by atoms with Gasteiger partial charge in [0, 0.05) is 11.6 Å². The van der Waals surface area contributed by atoms with Gasteiger partial charge in [-0.25, -0.2) is 4.39 Å². The molecule has 0 saturated carbocycles. The number of hydrogen-bond donors (Lipinski definition) is 2. The minimum atomic E-state index is -0.212. The molecule has 0 amide bonds. The second kappa shape index (κ2) is 10.5. The smallest absolute Gasteiger partial charge is 0.123 e. The van der Waals surface area contributed by atoms with Gasteiger partial charge in [0.05, 0.1) is 0 Å². The van der Waals surface area contributed by atoms with E-state index in [0.717, 1.165) is 31.4 Å². The zero-order valence-corrected chi connectivity index (χ0v) is 16.6. The quantitative estimate of drug-likeness (QED) is 0.646. The summed E-state index contributed by atoms with van der Waals surface area (Å²) in [7, 11) is 0. The summed E-state index contributed by atoms with van der Waals surface area (Å²) < 4.78 is 12.9. The molecule has 1 unspecified atom stereocenters. The topological polar surface area (TPSA) is 38.0 Å². The van der Waals surface area contributed by atoms with Crippen molar-refractivity contribution in [2.24, 2.45) is 11.1 Å². The second-order valence-electron chi connectivity index (χ2n) is 7.85. The van der Waals surface area contributed by atoms with Gasteiger partial charge in [-0.1, -0.05) is 32.9 Å². The maximum Gasteiger partial charge on any atom is 0.123 e. The largest absolute Gasteiger partial charge is 0.324 e. The monoisotopic (exact) mass is 366 g/mol. The van der Waals surface area contributed by atoms with Gasteiger partial charge in [-0.2, -0.15) is 0 Å². The van der Waals surface area contributed by atoms with Crippen LogP contribution in [-0.4, -0.2) is 12.1 Å². The van der Waals surface area contributed by atoms with Crippen molar-refractivity contribution in [2.45, 2.75) is 65.5 Å². The molecule has 0 aliphatic carbocycles. The van der Waals surface area contributed by atoms with Crippen molar-refractivity contribution in [3.8, 4) is 0 Å². The van der Waals surface area contributed by atoms with Crippen molar-refractivity contribution in [2.75, 3.05) is 6.54 Å². The van der Waals surface area contributed by atoms with Gasteiger partial charge in [0.1, 0.15) is 5.82 Å². The number of hydrogen-bond acceptors (Lipinski definition) is 2. The molecule has 1 aromatic rings. The molecule has 0 radical (unpaired) electrons. The van der Waals surface area contributed by atoms with Gasteiger partial charge in [-0.15, -0.1) is 24.8 Å². The summed E-state index contributed by atoms with van der Waals surface area (Å²) >= 11 is 0. The number of nitrogens with two attached hydrogens (primary N) is 1. The lowest BCUT2D eigenvalue weighted by Gasteiger charge is -2.33. The Labute approximate surface area is 153 Å². The zero-order valence-electron chi connectivity index (χ0n) is 15.0. The van der Waals surface area contributed by atoms with Gasteiger partial charge in [0.15, 0.2) is 0 Å². The third-order valence-electron chi connectivity index (χ3n) is 3.57.